The summed E-state index contributed by atoms with van der Waals surface area (Å²) in [6.07, 6.45) is 3.64. The highest BCUT2D eigenvalue weighted by Gasteiger charge is 2.21. The average Bonchev–Trinajstić information content (AvgIpc) is 2.62. The number of piperazine rings is 1. The van der Waals surface area contributed by atoms with Crippen LogP contribution in [-0.2, 0) is 5.75 Å². The Morgan fingerprint density at radius 2 is 2.00 bits per heavy atom. The fraction of sp³-hybridized carbons (Fsp3) is 0.444. The molecule has 0 amide bonds. The van der Waals surface area contributed by atoms with Crippen LogP contribution in [0.15, 0.2) is 47.8 Å². The third-order valence-corrected chi connectivity index (χ3v) is 5.31. The molecule has 24 heavy (non-hydrogen) atoms. The Labute approximate surface area is 148 Å². The first kappa shape index (κ1) is 17.2. The second kappa shape index (κ2) is 8.46. The second-order valence-corrected chi connectivity index (χ2v) is 7.29. The molecule has 0 unspecified atom stereocenters. The Morgan fingerprint density at radius 3 is 2.83 bits per heavy atom. The Hall–Kier alpha value is -1.63. The first-order valence-corrected chi connectivity index (χ1v) is 9.30. The number of hydrogen-bond donors (Lipinski definition) is 1. The van der Waals surface area contributed by atoms with Crippen molar-refractivity contribution in [1.82, 2.24) is 19.8 Å². The molecule has 1 atom stereocenters. The van der Waals surface area contributed by atoms with Crippen LogP contribution in [0.2, 0.25) is 0 Å². The molecule has 2 heterocycles. The minimum Gasteiger partial charge on any atom is -0.367 e. The number of rotatable bonds is 6. The van der Waals surface area contributed by atoms with Gasteiger partial charge in [0.05, 0.1) is 12.4 Å². The highest BCUT2D eigenvalue weighted by Crippen LogP contribution is 2.21. The Bertz CT molecular complexity index is 636. The van der Waals surface area contributed by atoms with Crippen molar-refractivity contribution in [1.29, 1.82) is 0 Å². The molecule has 128 valence electrons. The molecule has 0 radical (unpaired) electrons. The zero-order chi connectivity index (χ0) is 16.8. The van der Waals surface area contributed by atoms with Crippen LogP contribution >= 0.6 is 11.8 Å². The van der Waals surface area contributed by atoms with Gasteiger partial charge in [0, 0.05) is 38.0 Å². The van der Waals surface area contributed by atoms with E-state index >= 15 is 0 Å². The number of hydrogen-bond acceptors (Lipinski definition) is 6. The monoisotopic (exact) mass is 343 g/mol. The summed E-state index contributed by atoms with van der Waals surface area (Å²) in [5, 5.41) is 4.41. The summed E-state index contributed by atoms with van der Waals surface area (Å²) in [6.45, 7) is 4.22. The SMILES string of the molecule is CN1CCN(C)[C@@H](CNc2cncc(SCc3ccccc3)n2)C1. The average molecular weight is 344 g/mol. The number of nitrogens with zero attached hydrogens (tertiary/aromatic N) is 4. The number of thioether (sulfide) groups is 1. The van der Waals surface area contributed by atoms with Crippen LogP contribution in [0, 0.1) is 0 Å². The number of aromatic nitrogens is 2. The molecule has 1 fully saturated rings. The minimum absolute atomic E-state index is 0.506. The van der Waals surface area contributed by atoms with Gasteiger partial charge in [0.15, 0.2) is 0 Å². The van der Waals surface area contributed by atoms with Gasteiger partial charge in [0.1, 0.15) is 10.8 Å². The number of anilines is 1. The standard InChI is InChI=1S/C18H25N5S/c1-22-8-9-23(2)16(13-22)10-20-17-11-19-12-18(21-17)24-14-15-6-4-3-5-7-15/h3-7,11-12,16H,8-10,13-14H2,1-2H3,(H,20,21)/t16-/m0/s1. The van der Waals surface area contributed by atoms with E-state index in [1.807, 2.05) is 12.3 Å². The molecule has 1 aromatic heterocycles. The van der Waals surface area contributed by atoms with Crippen molar-refractivity contribution in [3.05, 3.63) is 48.3 Å². The predicted octanol–water partition coefficient (Wildman–Crippen LogP) is 2.43. The molecular weight excluding hydrogens is 318 g/mol. The summed E-state index contributed by atoms with van der Waals surface area (Å²) in [7, 11) is 4.37. The normalized spacial score (nSPS) is 19.3. The third kappa shape index (κ3) is 4.93. The van der Waals surface area contributed by atoms with Crippen LogP contribution in [0.4, 0.5) is 5.82 Å². The molecule has 1 aliphatic heterocycles. The van der Waals surface area contributed by atoms with E-state index in [0.29, 0.717) is 6.04 Å². The summed E-state index contributed by atoms with van der Waals surface area (Å²) in [5.74, 6) is 1.77. The first-order chi connectivity index (χ1) is 11.7. The number of nitrogens with one attached hydrogen (secondary N) is 1. The van der Waals surface area contributed by atoms with Gasteiger partial charge in [-0.1, -0.05) is 30.3 Å². The van der Waals surface area contributed by atoms with Gasteiger partial charge < -0.3 is 10.2 Å². The van der Waals surface area contributed by atoms with Crippen molar-refractivity contribution in [2.45, 2.75) is 16.8 Å². The summed E-state index contributed by atoms with van der Waals surface area (Å²) in [5.41, 5.74) is 1.30. The van der Waals surface area contributed by atoms with E-state index in [2.05, 4.69) is 63.4 Å². The van der Waals surface area contributed by atoms with Crippen molar-refractivity contribution in [3.63, 3.8) is 0 Å². The van der Waals surface area contributed by atoms with E-state index in [4.69, 9.17) is 0 Å². The fourth-order valence-corrected chi connectivity index (χ4v) is 3.58. The molecule has 3 rings (SSSR count). The molecule has 1 aromatic carbocycles. The molecule has 1 N–H and O–H groups in total. The lowest BCUT2D eigenvalue weighted by molar-refractivity contribution is 0.122. The van der Waals surface area contributed by atoms with E-state index < -0.39 is 0 Å². The molecule has 0 saturated carbocycles. The van der Waals surface area contributed by atoms with Crippen LogP contribution in [0.3, 0.4) is 0 Å². The zero-order valence-electron chi connectivity index (χ0n) is 14.4. The molecule has 1 aliphatic rings. The molecule has 1 saturated heterocycles. The van der Waals surface area contributed by atoms with Crippen LogP contribution < -0.4 is 5.32 Å². The first-order valence-electron chi connectivity index (χ1n) is 8.32. The van der Waals surface area contributed by atoms with Gasteiger partial charge >= 0.3 is 0 Å². The minimum atomic E-state index is 0.506. The molecule has 0 aliphatic carbocycles. The largest absolute Gasteiger partial charge is 0.367 e. The maximum Gasteiger partial charge on any atom is 0.145 e. The topological polar surface area (TPSA) is 44.3 Å². The van der Waals surface area contributed by atoms with E-state index in [-0.39, 0.29) is 0 Å². The van der Waals surface area contributed by atoms with Crippen molar-refractivity contribution >= 4 is 17.6 Å². The molecule has 0 bridgehead atoms. The molecular formula is C18H25N5S. The Kier molecular flexibility index (Phi) is 6.07. The van der Waals surface area contributed by atoms with E-state index in [9.17, 15) is 0 Å². The second-order valence-electron chi connectivity index (χ2n) is 6.29. The van der Waals surface area contributed by atoms with Gasteiger partial charge in [0.2, 0.25) is 0 Å². The predicted molar refractivity (Wildman–Crippen MR) is 100 cm³/mol. The van der Waals surface area contributed by atoms with Crippen LogP contribution in [0.25, 0.3) is 0 Å². The number of likely N-dealkylation sites (N-methyl/N-ethyl adjacent to an activating group) is 2. The van der Waals surface area contributed by atoms with Crippen LogP contribution in [-0.4, -0.2) is 66.1 Å². The lowest BCUT2D eigenvalue weighted by atomic mass is 10.2. The lowest BCUT2D eigenvalue weighted by Crippen LogP contribution is -2.52. The summed E-state index contributed by atoms with van der Waals surface area (Å²) >= 11 is 1.72. The van der Waals surface area contributed by atoms with Crippen molar-refractivity contribution in [3.8, 4) is 0 Å². The van der Waals surface area contributed by atoms with E-state index in [1.54, 1.807) is 18.0 Å². The van der Waals surface area contributed by atoms with Gasteiger partial charge in [-0.05, 0) is 19.7 Å². The van der Waals surface area contributed by atoms with Crippen molar-refractivity contribution in [2.75, 3.05) is 45.6 Å². The highest BCUT2D eigenvalue weighted by atomic mass is 32.2. The lowest BCUT2D eigenvalue weighted by Gasteiger charge is -2.37. The van der Waals surface area contributed by atoms with Crippen molar-refractivity contribution in [2.24, 2.45) is 0 Å². The van der Waals surface area contributed by atoms with E-state index in [0.717, 1.165) is 42.8 Å². The van der Waals surface area contributed by atoms with Gasteiger partial charge in [-0.2, -0.15) is 0 Å². The highest BCUT2D eigenvalue weighted by molar-refractivity contribution is 7.98. The maximum atomic E-state index is 4.67. The smallest absolute Gasteiger partial charge is 0.145 e. The Balaban J connectivity index is 1.53. The van der Waals surface area contributed by atoms with Gasteiger partial charge in [-0.3, -0.25) is 9.88 Å². The van der Waals surface area contributed by atoms with Crippen molar-refractivity contribution < 1.29 is 0 Å². The number of benzene rings is 1. The maximum absolute atomic E-state index is 4.67. The van der Waals surface area contributed by atoms with E-state index in [1.165, 1.54) is 5.56 Å². The molecule has 5 nitrogen and oxygen atoms in total. The summed E-state index contributed by atoms with van der Waals surface area (Å²) in [4.78, 5) is 13.8. The van der Waals surface area contributed by atoms with Crippen LogP contribution in [0.5, 0.6) is 0 Å². The zero-order valence-corrected chi connectivity index (χ0v) is 15.2. The molecule has 2 aromatic rings. The van der Waals surface area contributed by atoms with Gasteiger partial charge in [-0.25, -0.2) is 4.98 Å². The molecule has 6 heteroatoms. The quantitative estimate of drug-likeness (QED) is 0.813. The van der Waals surface area contributed by atoms with Gasteiger partial charge in [-0.15, -0.1) is 11.8 Å². The van der Waals surface area contributed by atoms with Crippen LogP contribution in [0.1, 0.15) is 5.56 Å². The fourth-order valence-electron chi connectivity index (χ4n) is 2.78. The Morgan fingerprint density at radius 1 is 1.17 bits per heavy atom. The van der Waals surface area contributed by atoms with Gasteiger partial charge in [0.25, 0.3) is 0 Å². The third-order valence-electron chi connectivity index (χ3n) is 4.34. The summed E-state index contributed by atoms with van der Waals surface area (Å²) in [6, 6.07) is 11.0. The summed E-state index contributed by atoms with van der Waals surface area (Å²) < 4.78 is 0. The molecule has 0 spiro atoms.